The van der Waals surface area contributed by atoms with E-state index in [-0.39, 0.29) is 12.3 Å². The van der Waals surface area contributed by atoms with Crippen LogP contribution in [0.25, 0.3) is 0 Å². The highest BCUT2D eigenvalue weighted by atomic mass is 19.2. The summed E-state index contributed by atoms with van der Waals surface area (Å²) >= 11 is 0. The van der Waals surface area contributed by atoms with Crippen LogP contribution in [0.3, 0.4) is 0 Å². The molecule has 7 heteroatoms. The van der Waals surface area contributed by atoms with E-state index in [0.717, 1.165) is 23.3 Å². The average Bonchev–Trinajstić information content (AvgIpc) is 2.56. The molecule has 0 aliphatic heterocycles. The van der Waals surface area contributed by atoms with Crippen molar-refractivity contribution < 1.29 is 18.4 Å². The Morgan fingerprint density at radius 3 is 2.38 bits per heavy atom. The molecule has 0 spiro atoms. The van der Waals surface area contributed by atoms with Gasteiger partial charge in [0.25, 0.3) is 0 Å². The lowest BCUT2D eigenvalue weighted by Crippen LogP contribution is -2.37. The molecule has 26 heavy (non-hydrogen) atoms. The first-order valence-corrected chi connectivity index (χ1v) is 8.13. The maximum absolute atomic E-state index is 13.3. The second-order valence-electron chi connectivity index (χ2n) is 6.08. The van der Waals surface area contributed by atoms with E-state index in [1.807, 2.05) is 25.1 Å². The van der Waals surface area contributed by atoms with E-state index in [9.17, 15) is 18.4 Å². The molecule has 138 valence electrons. The number of primary amides is 1. The van der Waals surface area contributed by atoms with Crippen LogP contribution in [0.4, 0.5) is 13.6 Å². The van der Waals surface area contributed by atoms with Crippen LogP contribution in [-0.4, -0.2) is 11.9 Å². The number of carbonyl (C=O) groups is 2. The van der Waals surface area contributed by atoms with E-state index in [0.29, 0.717) is 5.56 Å². The number of hydrogen-bond acceptors (Lipinski definition) is 2. The molecule has 2 aromatic rings. The Balaban J connectivity index is 2.10. The van der Waals surface area contributed by atoms with Gasteiger partial charge in [0.05, 0.1) is 18.5 Å². The van der Waals surface area contributed by atoms with Crippen LogP contribution in [0.2, 0.25) is 0 Å². The molecule has 0 aliphatic carbocycles. The van der Waals surface area contributed by atoms with Gasteiger partial charge >= 0.3 is 6.03 Å². The van der Waals surface area contributed by atoms with Crippen LogP contribution >= 0.6 is 0 Å². The molecule has 2 atom stereocenters. The fourth-order valence-corrected chi connectivity index (χ4v) is 2.74. The van der Waals surface area contributed by atoms with E-state index in [2.05, 4.69) is 10.6 Å². The van der Waals surface area contributed by atoms with Crippen molar-refractivity contribution in [3.05, 3.63) is 70.8 Å². The lowest BCUT2D eigenvalue weighted by Gasteiger charge is -2.21. The summed E-state index contributed by atoms with van der Waals surface area (Å²) in [6.07, 6.45) is -0.0399. The van der Waals surface area contributed by atoms with Crippen LogP contribution < -0.4 is 16.4 Å². The van der Waals surface area contributed by atoms with Crippen LogP contribution in [0, 0.1) is 18.6 Å². The summed E-state index contributed by atoms with van der Waals surface area (Å²) < 4.78 is 26.4. The quantitative estimate of drug-likeness (QED) is 0.738. The number of nitrogens with one attached hydrogen (secondary N) is 2. The monoisotopic (exact) mass is 361 g/mol. The summed E-state index contributed by atoms with van der Waals surface area (Å²) in [6, 6.07) is 8.94. The molecule has 0 fully saturated rings. The molecule has 0 aromatic heterocycles. The number of hydrogen-bond donors (Lipinski definition) is 3. The lowest BCUT2D eigenvalue weighted by atomic mass is 9.98. The SMILES string of the molecule is Cc1ccccc1C(CC(=O)NC(C)c1ccc(F)c(F)c1)NC(N)=O. The molecular weight excluding hydrogens is 340 g/mol. The Hall–Kier alpha value is -2.96. The lowest BCUT2D eigenvalue weighted by molar-refractivity contribution is -0.122. The third-order valence-corrected chi connectivity index (χ3v) is 4.09. The minimum Gasteiger partial charge on any atom is -0.352 e. The Morgan fingerprint density at radius 2 is 1.77 bits per heavy atom. The van der Waals surface area contributed by atoms with Gasteiger partial charge in [0.2, 0.25) is 5.91 Å². The van der Waals surface area contributed by atoms with Crippen molar-refractivity contribution in [3.63, 3.8) is 0 Å². The number of halogens is 2. The highest BCUT2D eigenvalue weighted by Crippen LogP contribution is 2.22. The largest absolute Gasteiger partial charge is 0.352 e. The molecule has 0 aliphatic rings. The number of rotatable bonds is 6. The van der Waals surface area contributed by atoms with Gasteiger partial charge in [-0.25, -0.2) is 13.6 Å². The fraction of sp³-hybridized carbons (Fsp3) is 0.263. The van der Waals surface area contributed by atoms with Crippen molar-refractivity contribution in [3.8, 4) is 0 Å². The predicted molar refractivity (Wildman–Crippen MR) is 94.2 cm³/mol. The van der Waals surface area contributed by atoms with Gasteiger partial charge in [-0.15, -0.1) is 0 Å². The first-order chi connectivity index (χ1) is 12.3. The highest BCUT2D eigenvalue weighted by Gasteiger charge is 2.20. The Kier molecular flexibility index (Phi) is 6.27. The molecule has 0 saturated carbocycles. The van der Waals surface area contributed by atoms with Gasteiger partial charge in [-0.3, -0.25) is 4.79 Å². The van der Waals surface area contributed by atoms with Gasteiger partial charge in [0.1, 0.15) is 0 Å². The first kappa shape index (κ1) is 19.4. The van der Waals surface area contributed by atoms with Crippen molar-refractivity contribution in [1.29, 1.82) is 0 Å². The minimum atomic E-state index is -0.975. The smallest absolute Gasteiger partial charge is 0.312 e. The van der Waals surface area contributed by atoms with Gasteiger partial charge in [0, 0.05) is 0 Å². The zero-order valence-electron chi connectivity index (χ0n) is 14.6. The van der Waals surface area contributed by atoms with Crippen LogP contribution in [0.15, 0.2) is 42.5 Å². The van der Waals surface area contributed by atoms with Crippen molar-refractivity contribution in [1.82, 2.24) is 10.6 Å². The molecule has 0 saturated heterocycles. The predicted octanol–water partition coefficient (Wildman–Crippen LogP) is 3.25. The van der Waals surface area contributed by atoms with Gasteiger partial charge in [0.15, 0.2) is 11.6 Å². The molecular formula is C19H21F2N3O2. The highest BCUT2D eigenvalue weighted by molar-refractivity contribution is 5.79. The van der Waals surface area contributed by atoms with E-state index >= 15 is 0 Å². The van der Waals surface area contributed by atoms with Crippen molar-refractivity contribution in [2.75, 3.05) is 0 Å². The minimum absolute atomic E-state index is 0.0399. The second-order valence-corrected chi connectivity index (χ2v) is 6.08. The number of nitrogens with two attached hydrogens (primary N) is 1. The number of amides is 3. The van der Waals surface area contributed by atoms with Gasteiger partial charge < -0.3 is 16.4 Å². The molecule has 0 bridgehead atoms. The molecule has 4 N–H and O–H groups in total. The van der Waals surface area contributed by atoms with Crippen molar-refractivity contribution >= 4 is 11.9 Å². The maximum atomic E-state index is 13.3. The van der Waals surface area contributed by atoms with Crippen LogP contribution in [-0.2, 0) is 4.79 Å². The Bertz CT molecular complexity index is 811. The standard InChI is InChI=1S/C19H21F2N3O2/c1-11-5-3-4-6-14(11)17(24-19(22)26)10-18(25)23-12(2)13-7-8-15(20)16(21)9-13/h3-9,12,17H,10H2,1-2H3,(H,23,25)(H3,22,24,26). The molecule has 5 nitrogen and oxygen atoms in total. The summed E-state index contributed by atoms with van der Waals surface area (Å²) in [5.41, 5.74) is 7.35. The molecule has 3 amide bonds. The van der Waals surface area contributed by atoms with Crippen molar-refractivity contribution in [2.24, 2.45) is 5.73 Å². The van der Waals surface area contributed by atoms with E-state index < -0.39 is 29.7 Å². The molecule has 2 rings (SSSR count). The summed E-state index contributed by atoms with van der Waals surface area (Å²) in [4.78, 5) is 23.7. The molecule has 0 heterocycles. The normalized spacial score (nSPS) is 12.9. The van der Waals surface area contributed by atoms with Gasteiger partial charge in [-0.1, -0.05) is 30.3 Å². The summed E-state index contributed by atoms with van der Waals surface area (Å²) in [5.74, 6) is -2.28. The molecule has 0 radical (unpaired) electrons. The topological polar surface area (TPSA) is 84.2 Å². The van der Waals surface area contributed by atoms with Gasteiger partial charge in [-0.2, -0.15) is 0 Å². The third-order valence-electron chi connectivity index (χ3n) is 4.09. The summed E-state index contributed by atoms with van der Waals surface area (Å²) in [5, 5.41) is 5.28. The van der Waals surface area contributed by atoms with E-state index in [1.165, 1.54) is 6.07 Å². The Labute approximate surface area is 150 Å². The third kappa shape index (κ3) is 5.02. The maximum Gasteiger partial charge on any atom is 0.312 e. The van der Waals surface area contributed by atoms with Crippen LogP contribution in [0.1, 0.15) is 42.1 Å². The summed E-state index contributed by atoms with van der Waals surface area (Å²) in [6.45, 7) is 3.53. The first-order valence-electron chi connectivity index (χ1n) is 8.13. The van der Waals surface area contributed by atoms with E-state index in [1.54, 1.807) is 13.0 Å². The second kappa shape index (κ2) is 8.42. The molecule has 2 unspecified atom stereocenters. The van der Waals surface area contributed by atoms with Gasteiger partial charge in [-0.05, 0) is 42.7 Å². The number of aryl methyl sites for hydroxylation is 1. The van der Waals surface area contributed by atoms with Crippen LogP contribution in [0.5, 0.6) is 0 Å². The fourth-order valence-electron chi connectivity index (χ4n) is 2.74. The zero-order chi connectivity index (χ0) is 19.3. The molecule has 2 aromatic carbocycles. The Morgan fingerprint density at radius 1 is 1.08 bits per heavy atom. The average molecular weight is 361 g/mol. The zero-order valence-corrected chi connectivity index (χ0v) is 14.6. The van der Waals surface area contributed by atoms with E-state index in [4.69, 9.17) is 5.73 Å². The number of urea groups is 1. The van der Waals surface area contributed by atoms with Crippen molar-refractivity contribution in [2.45, 2.75) is 32.4 Å². The number of benzene rings is 2. The number of carbonyl (C=O) groups excluding carboxylic acids is 2. The summed E-state index contributed by atoms with van der Waals surface area (Å²) in [7, 11) is 0.